The van der Waals surface area contributed by atoms with Gasteiger partial charge in [0.05, 0.1) is 39.2 Å². The lowest BCUT2D eigenvalue weighted by molar-refractivity contribution is 1.06. The van der Waals surface area contributed by atoms with Crippen molar-refractivity contribution >= 4 is 70.4 Å². The third-order valence-corrected chi connectivity index (χ3v) is 7.65. The molecule has 0 fully saturated rings. The smallest absolute Gasteiger partial charge is 0.257 e. The molecule has 5 heterocycles. The fourth-order valence-electron chi connectivity index (χ4n) is 4.08. The highest BCUT2D eigenvalue weighted by Gasteiger charge is 2.11. The molecule has 4 aromatic heterocycles. The summed E-state index contributed by atoms with van der Waals surface area (Å²) in [7, 11) is 0. The van der Waals surface area contributed by atoms with Crippen LogP contribution in [0.15, 0.2) is 84.3 Å². The molecule has 0 bridgehead atoms. The lowest BCUT2D eigenvalue weighted by Gasteiger charge is -2.03. The number of benzene rings is 2. The highest BCUT2D eigenvalue weighted by Crippen LogP contribution is 2.27. The summed E-state index contributed by atoms with van der Waals surface area (Å²) < 4.78 is 2.00. The van der Waals surface area contributed by atoms with Gasteiger partial charge >= 0.3 is 0 Å². The maximum atomic E-state index is 12.0. The molecule has 168 valence electrons. The van der Waals surface area contributed by atoms with Gasteiger partial charge in [-0.3, -0.25) is 9.59 Å². The minimum absolute atomic E-state index is 0.0522. The van der Waals surface area contributed by atoms with Crippen LogP contribution in [0, 0.1) is 11.3 Å². The monoisotopic (exact) mass is 494 g/mol. The van der Waals surface area contributed by atoms with Crippen LogP contribution in [0.5, 0.6) is 0 Å². The van der Waals surface area contributed by atoms with Crippen molar-refractivity contribution in [2.45, 2.75) is 0 Å². The number of aromatic amines is 2. The molecule has 0 saturated carbocycles. The average Bonchev–Trinajstić information content (AvgIpc) is 3.66. The zero-order chi connectivity index (χ0) is 23.9. The quantitative estimate of drug-likeness (QED) is 0.312. The van der Waals surface area contributed by atoms with Crippen molar-refractivity contribution in [2.24, 2.45) is 15.4 Å². The first-order chi connectivity index (χ1) is 17.1. The Morgan fingerprint density at radius 3 is 2.03 bits per heavy atom. The average molecular weight is 495 g/mol. The largest absolute Gasteiger partial charge is 0.321 e. The van der Waals surface area contributed by atoms with Gasteiger partial charge in [-0.05, 0) is 46.3 Å². The van der Waals surface area contributed by atoms with Gasteiger partial charge < -0.3 is 9.97 Å². The topological polar surface area (TPSA) is 127 Å². The Labute approximate surface area is 204 Å². The van der Waals surface area contributed by atoms with Crippen molar-refractivity contribution in [2.75, 3.05) is 6.54 Å². The molecule has 1 aliphatic heterocycles. The number of nitriles is 1. The molecule has 0 radical (unpaired) electrons. The zero-order valence-electron chi connectivity index (χ0n) is 17.9. The Hall–Kier alpha value is -4.46. The zero-order valence-corrected chi connectivity index (χ0v) is 19.5. The molecule has 0 amide bonds. The Morgan fingerprint density at radius 2 is 1.43 bits per heavy atom. The summed E-state index contributed by atoms with van der Waals surface area (Å²) in [5.74, 6) is 0. The molecule has 0 aliphatic carbocycles. The van der Waals surface area contributed by atoms with E-state index in [9.17, 15) is 9.59 Å². The molecular formula is C25H14N6O2S2. The Morgan fingerprint density at radius 1 is 0.800 bits per heavy atom. The standard InChI is InChI=1S/C13H8N4OS.C12H6N2OS/c18-13-9-3-4-19-12(9)8-2-1-7(5-10(8)15-13)11-6-14-17-16-11;13-6-7-1-2-8-10(5-7)14-12(15)9-3-4-16-11(8)9/h1-5H,6H2,(H,15,18);1-5H,(H,14,15). The summed E-state index contributed by atoms with van der Waals surface area (Å²) in [6, 6.07) is 17.0. The second kappa shape index (κ2) is 8.39. The SMILES string of the molecule is N#Cc1ccc2c(c1)[nH]c(=O)c1ccsc12.O=c1[nH]c2cc(C3=NN=NC3)ccc2c2sccc12. The first-order valence-corrected chi connectivity index (χ1v) is 12.3. The fourth-order valence-corrected chi connectivity index (χ4v) is 5.94. The molecule has 2 N–H and O–H groups in total. The van der Waals surface area contributed by atoms with Gasteiger partial charge in [-0.25, -0.2) is 0 Å². The van der Waals surface area contributed by atoms with Gasteiger partial charge in [0.2, 0.25) is 0 Å². The Balaban J connectivity index is 0.000000133. The van der Waals surface area contributed by atoms with Crippen LogP contribution in [0.4, 0.5) is 0 Å². The van der Waals surface area contributed by atoms with Crippen LogP contribution in [-0.4, -0.2) is 22.2 Å². The van der Waals surface area contributed by atoms with Crippen LogP contribution in [0.3, 0.4) is 0 Å². The summed E-state index contributed by atoms with van der Waals surface area (Å²) in [6.45, 7) is 0.497. The minimum atomic E-state index is -0.0983. The second-order valence-corrected chi connectivity index (χ2v) is 9.64. The van der Waals surface area contributed by atoms with Crippen LogP contribution in [0.25, 0.3) is 42.0 Å². The maximum absolute atomic E-state index is 12.0. The molecule has 2 aromatic carbocycles. The van der Waals surface area contributed by atoms with E-state index in [-0.39, 0.29) is 11.1 Å². The van der Waals surface area contributed by atoms with Crippen molar-refractivity contribution < 1.29 is 0 Å². The number of thiophene rings is 2. The number of hydrogen-bond donors (Lipinski definition) is 2. The molecule has 1 aliphatic rings. The molecule has 8 nitrogen and oxygen atoms in total. The van der Waals surface area contributed by atoms with E-state index in [1.807, 2.05) is 47.2 Å². The predicted octanol–water partition coefficient (Wildman–Crippen LogP) is 5.53. The minimum Gasteiger partial charge on any atom is -0.321 e. The Kier molecular flexibility index (Phi) is 5.06. The van der Waals surface area contributed by atoms with E-state index in [1.54, 1.807) is 34.8 Å². The number of aromatic nitrogens is 2. The van der Waals surface area contributed by atoms with Crippen molar-refractivity contribution in [3.8, 4) is 6.07 Å². The summed E-state index contributed by atoms with van der Waals surface area (Å²) in [4.78, 5) is 29.4. The fraction of sp³-hybridized carbons (Fsp3) is 0.0400. The molecule has 35 heavy (non-hydrogen) atoms. The van der Waals surface area contributed by atoms with E-state index in [2.05, 4.69) is 31.5 Å². The van der Waals surface area contributed by atoms with Crippen LogP contribution in [0.1, 0.15) is 11.1 Å². The van der Waals surface area contributed by atoms with Gasteiger partial charge in [-0.2, -0.15) is 10.4 Å². The molecule has 0 atom stereocenters. The highest BCUT2D eigenvalue weighted by atomic mass is 32.1. The normalized spacial score (nSPS) is 12.7. The lowest BCUT2D eigenvalue weighted by Crippen LogP contribution is -2.06. The van der Waals surface area contributed by atoms with Gasteiger partial charge in [0.15, 0.2) is 0 Å². The molecular weight excluding hydrogens is 480 g/mol. The van der Waals surface area contributed by atoms with E-state index in [1.165, 1.54) is 0 Å². The molecule has 0 unspecified atom stereocenters. The van der Waals surface area contributed by atoms with Gasteiger partial charge in [-0.15, -0.1) is 27.8 Å². The van der Waals surface area contributed by atoms with Gasteiger partial charge in [0.1, 0.15) is 6.54 Å². The van der Waals surface area contributed by atoms with Gasteiger partial charge in [0, 0.05) is 25.7 Å². The Bertz CT molecular complexity index is 2000. The van der Waals surface area contributed by atoms with E-state index >= 15 is 0 Å². The molecule has 0 saturated heterocycles. The summed E-state index contributed by atoms with van der Waals surface area (Å²) in [5, 5.41) is 27.6. The summed E-state index contributed by atoms with van der Waals surface area (Å²) >= 11 is 3.12. The number of nitrogens with zero attached hydrogens (tertiary/aromatic N) is 4. The molecule has 6 aromatic rings. The number of pyridine rings is 2. The second-order valence-electron chi connectivity index (χ2n) is 7.80. The lowest BCUT2D eigenvalue weighted by atomic mass is 10.1. The number of hydrogen-bond acceptors (Lipinski definition) is 8. The van der Waals surface area contributed by atoms with Gasteiger partial charge in [0.25, 0.3) is 11.1 Å². The van der Waals surface area contributed by atoms with Crippen LogP contribution < -0.4 is 11.1 Å². The third kappa shape index (κ3) is 3.63. The van der Waals surface area contributed by atoms with Crippen molar-refractivity contribution in [1.29, 1.82) is 5.26 Å². The van der Waals surface area contributed by atoms with Crippen LogP contribution >= 0.6 is 22.7 Å². The predicted molar refractivity (Wildman–Crippen MR) is 141 cm³/mol. The first-order valence-electron chi connectivity index (χ1n) is 10.5. The number of nitrogens with one attached hydrogen (secondary N) is 2. The van der Waals surface area contributed by atoms with Gasteiger partial charge in [-0.1, -0.05) is 18.2 Å². The highest BCUT2D eigenvalue weighted by molar-refractivity contribution is 7.18. The first kappa shape index (κ1) is 21.1. The molecule has 0 spiro atoms. The number of fused-ring (bicyclic) bond motifs is 6. The van der Waals surface area contributed by atoms with Crippen LogP contribution in [0.2, 0.25) is 0 Å². The van der Waals surface area contributed by atoms with E-state index in [0.29, 0.717) is 17.5 Å². The van der Waals surface area contributed by atoms with Crippen LogP contribution in [-0.2, 0) is 0 Å². The maximum Gasteiger partial charge on any atom is 0.257 e. The molecule has 10 heteroatoms. The summed E-state index contributed by atoms with van der Waals surface area (Å²) in [5.41, 5.74) is 3.73. The number of rotatable bonds is 1. The van der Waals surface area contributed by atoms with Crippen molar-refractivity contribution in [1.82, 2.24) is 9.97 Å². The van der Waals surface area contributed by atoms with E-state index in [0.717, 1.165) is 47.9 Å². The van der Waals surface area contributed by atoms with Crippen molar-refractivity contribution in [3.05, 3.63) is 91.1 Å². The van der Waals surface area contributed by atoms with E-state index in [4.69, 9.17) is 5.26 Å². The number of H-pyrrole nitrogens is 2. The molecule has 7 rings (SSSR count). The van der Waals surface area contributed by atoms with E-state index < -0.39 is 0 Å². The van der Waals surface area contributed by atoms with Crippen molar-refractivity contribution in [3.63, 3.8) is 0 Å². The third-order valence-electron chi connectivity index (χ3n) is 5.76. The summed E-state index contributed by atoms with van der Waals surface area (Å²) in [6.07, 6.45) is 0.